The lowest BCUT2D eigenvalue weighted by molar-refractivity contribution is 0.0924. The Morgan fingerprint density at radius 2 is 2.04 bits per heavy atom. The number of aromatic nitrogens is 2. The van der Waals surface area contributed by atoms with Crippen LogP contribution >= 0.6 is 0 Å². The second-order valence-electron chi connectivity index (χ2n) is 7.56. The van der Waals surface area contributed by atoms with Gasteiger partial charge in [0.1, 0.15) is 5.82 Å². The molecule has 2 aromatic rings. The van der Waals surface area contributed by atoms with Gasteiger partial charge >= 0.3 is 0 Å². The highest BCUT2D eigenvalue weighted by Gasteiger charge is 2.27. The van der Waals surface area contributed by atoms with Crippen molar-refractivity contribution in [3.8, 4) is 0 Å². The lowest BCUT2D eigenvalue weighted by Gasteiger charge is -2.34. The summed E-state index contributed by atoms with van der Waals surface area (Å²) in [7, 11) is 0. The summed E-state index contributed by atoms with van der Waals surface area (Å²) in [6.07, 6.45) is 4.65. The van der Waals surface area contributed by atoms with E-state index in [0.29, 0.717) is 17.3 Å². The zero-order valence-electron chi connectivity index (χ0n) is 15.1. The SMILES string of the molecule is C[C@H]1CCc2[nH]nc(C(=O)NC3CCN(c4ccccc4F)CC3)c2C1. The van der Waals surface area contributed by atoms with E-state index in [-0.39, 0.29) is 17.8 Å². The average molecular weight is 356 g/mol. The maximum Gasteiger partial charge on any atom is 0.272 e. The Morgan fingerprint density at radius 1 is 1.27 bits per heavy atom. The Balaban J connectivity index is 1.37. The number of benzene rings is 1. The molecule has 1 amide bonds. The fourth-order valence-electron chi connectivity index (χ4n) is 4.08. The summed E-state index contributed by atoms with van der Waals surface area (Å²) >= 11 is 0. The molecule has 1 atom stereocenters. The number of anilines is 1. The molecular formula is C20H25FN4O. The lowest BCUT2D eigenvalue weighted by atomic mass is 9.87. The molecule has 0 radical (unpaired) electrons. The van der Waals surface area contributed by atoms with Crippen molar-refractivity contribution in [1.82, 2.24) is 15.5 Å². The molecule has 1 aliphatic heterocycles. The van der Waals surface area contributed by atoms with E-state index in [0.717, 1.165) is 56.5 Å². The van der Waals surface area contributed by atoms with Crippen LogP contribution in [0.2, 0.25) is 0 Å². The van der Waals surface area contributed by atoms with Gasteiger partial charge in [-0.05, 0) is 50.2 Å². The minimum Gasteiger partial charge on any atom is -0.369 e. The fourth-order valence-corrected chi connectivity index (χ4v) is 4.08. The van der Waals surface area contributed by atoms with Crippen molar-refractivity contribution in [2.75, 3.05) is 18.0 Å². The Labute approximate surface area is 153 Å². The van der Waals surface area contributed by atoms with Crippen LogP contribution in [-0.2, 0) is 12.8 Å². The number of carbonyl (C=O) groups excluding carboxylic acids is 1. The van der Waals surface area contributed by atoms with Crippen LogP contribution in [0.5, 0.6) is 0 Å². The predicted molar refractivity (Wildman–Crippen MR) is 98.9 cm³/mol. The average Bonchev–Trinajstić information content (AvgIpc) is 3.06. The Kier molecular flexibility index (Phi) is 4.66. The highest BCUT2D eigenvalue weighted by molar-refractivity contribution is 5.94. The quantitative estimate of drug-likeness (QED) is 0.888. The number of aromatic amines is 1. The van der Waals surface area contributed by atoms with Gasteiger partial charge in [0.05, 0.1) is 5.69 Å². The summed E-state index contributed by atoms with van der Waals surface area (Å²) in [6, 6.07) is 6.97. The van der Waals surface area contributed by atoms with Crippen molar-refractivity contribution < 1.29 is 9.18 Å². The van der Waals surface area contributed by atoms with Crippen molar-refractivity contribution in [2.24, 2.45) is 5.92 Å². The lowest BCUT2D eigenvalue weighted by Crippen LogP contribution is -2.45. The van der Waals surface area contributed by atoms with Crippen LogP contribution in [0, 0.1) is 11.7 Å². The summed E-state index contributed by atoms with van der Waals surface area (Å²) < 4.78 is 13.9. The first-order chi connectivity index (χ1) is 12.6. The van der Waals surface area contributed by atoms with Crippen molar-refractivity contribution >= 4 is 11.6 Å². The van der Waals surface area contributed by atoms with E-state index in [1.54, 1.807) is 6.07 Å². The van der Waals surface area contributed by atoms with E-state index in [4.69, 9.17) is 0 Å². The number of piperidine rings is 1. The van der Waals surface area contributed by atoms with E-state index < -0.39 is 0 Å². The molecule has 0 spiro atoms. The van der Waals surface area contributed by atoms with E-state index in [1.807, 2.05) is 12.1 Å². The molecule has 2 N–H and O–H groups in total. The molecule has 138 valence electrons. The minimum absolute atomic E-state index is 0.0825. The van der Waals surface area contributed by atoms with Gasteiger partial charge in [-0.1, -0.05) is 19.1 Å². The molecule has 1 aliphatic carbocycles. The molecule has 6 heteroatoms. The first-order valence-corrected chi connectivity index (χ1v) is 9.48. The third-order valence-corrected chi connectivity index (χ3v) is 5.63. The number of hydrogen-bond acceptors (Lipinski definition) is 3. The maximum absolute atomic E-state index is 13.9. The zero-order valence-corrected chi connectivity index (χ0v) is 15.1. The van der Waals surface area contributed by atoms with Crippen LogP contribution < -0.4 is 10.2 Å². The Hall–Kier alpha value is -2.37. The highest BCUT2D eigenvalue weighted by atomic mass is 19.1. The van der Waals surface area contributed by atoms with Gasteiger partial charge < -0.3 is 10.2 Å². The van der Waals surface area contributed by atoms with E-state index >= 15 is 0 Å². The van der Waals surface area contributed by atoms with Gasteiger partial charge in [-0.2, -0.15) is 5.10 Å². The molecule has 4 rings (SSSR count). The topological polar surface area (TPSA) is 61.0 Å². The van der Waals surface area contributed by atoms with E-state index in [2.05, 4.69) is 27.3 Å². The van der Waals surface area contributed by atoms with Crippen molar-refractivity contribution in [3.05, 3.63) is 47.0 Å². The molecule has 0 bridgehead atoms. The Morgan fingerprint density at radius 3 is 2.81 bits per heavy atom. The number of H-pyrrole nitrogens is 1. The van der Waals surface area contributed by atoms with Crippen LogP contribution in [-0.4, -0.2) is 35.2 Å². The standard InChI is InChI=1S/C20H25FN4O/c1-13-6-7-17-15(12-13)19(24-23-17)20(26)22-14-8-10-25(11-9-14)18-5-3-2-4-16(18)21/h2-5,13-14H,6-12H2,1H3,(H,22,26)(H,23,24)/t13-/m0/s1. The molecule has 1 saturated heterocycles. The normalized spacial score (nSPS) is 20.7. The summed E-state index contributed by atoms with van der Waals surface area (Å²) in [5.41, 5.74) is 3.41. The van der Waals surface area contributed by atoms with Crippen LogP contribution in [0.25, 0.3) is 0 Å². The first-order valence-electron chi connectivity index (χ1n) is 9.48. The molecule has 2 heterocycles. The number of halogens is 1. The third-order valence-electron chi connectivity index (χ3n) is 5.63. The van der Waals surface area contributed by atoms with Gasteiger partial charge in [0.15, 0.2) is 5.69 Å². The summed E-state index contributed by atoms with van der Waals surface area (Å²) in [6.45, 7) is 3.69. The Bertz CT molecular complexity index is 795. The largest absolute Gasteiger partial charge is 0.369 e. The molecule has 1 aromatic carbocycles. The van der Waals surface area contributed by atoms with E-state index in [9.17, 15) is 9.18 Å². The van der Waals surface area contributed by atoms with Crippen molar-refractivity contribution in [1.29, 1.82) is 0 Å². The van der Waals surface area contributed by atoms with Crippen LogP contribution in [0.3, 0.4) is 0 Å². The number of rotatable bonds is 3. The van der Waals surface area contributed by atoms with Crippen LogP contribution in [0.15, 0.2) is 24.3 Å². The second kappa shape index (κ2) is 7.09. The number of nitrogens with one attached hydrogen (secondary N) is 2. The monoisotopic (exact) mass is 356 g/mol. The molecule has 0 unspecified atom stereocenters. The van der Waals surface area contributed by atoms with Gasteiger partial charge in [-0.15, -0.1) is 0 Å². The molecule has 5 nitrogen and oxygen atoms in total. The number of carbonyl (C=O) groups is 1. The molecule has 1 fully saturated rings. The molecular weight excluding hydrogens is 331 g/mol. The molecule has 2 aliphatic rings. The summed E-state index contributed by atoms with van der Waals surface area (Å²) in [5.74, 6) is 0.323. The number of hydrogen-bond donors (Lipinski definition) is 2. The molecule has 26 heavy (non-hydrogen) atoms. The number of amides is 1. The van der Waals surface area contributed by atoms with E-state index in [1.165, 1.54) is 6.07 Å². The minimum atomic E-state index is -0.188. The first kappa shape index (κ1) is 17.1. The summed E-state index contributed by atoms with van der Waals surface area (Å²) in [4.78, 5) is 14.7. The molecule has 1 aromatic heterocycles. The smallest absolute Gasteiger partial charge is 0.272 e. The van der Waals surface area contributed by atoms with Crippen LogP contribution in [0.1, 0.15) is 47.9 Å². The number of nitrogens with zero attached hydrogens (tertiary/aromatic N) is 2. The van der Waals surface area contributed by atoms with Crippen molar-refractivity contribution in [3.63, 3.8) is 0 Å². The fraction of sp³-hybridized carbons (Fsp3) is 0.500. The van der Waals surface area contributed by atoms with Crippen LogP contribution in [0.4, 0.5) is 10.1 Å². The zero-order chi connectivity index (χ0) is 18.1. The summed E-state index contributed by atoms with van der Waals surface area (Å²) in [5, 5.41) is 10.4. The number of fused-ring (bicyclic) bond motifs is 1. The predicted octanol–water partition coefficient (Wildman–Crippen LogP) is 3.07. The maximum atomic E-state index is 13.9. The van der Waals surface area contributed by atoms with Gasteiger partial charge in [-0.25, -0.2) is 4.39 Å². The number of aryl methyl sites for hydroxylation is 1. The molecule has 0 saturated carbocycles. The number of para-hydroxylation sites is 1. The van der Waals surface area contributed by atoms with Gasteiger partial charge in [-0.3, -0.25) is 9.89 Å². The van der Waals surface area contributed by atoms with Gasteiger partial charge in [0.2, 0.25) is 0 Å². The second-order valence-corrected chi connectivity index (χ2v) is 7.56. The third kappa shape index (κ3) is 3.32. The highest BCUT2D eigenvalue weighted by Crippen LogP contribution is 2.27. The van der Waals surface area contributed by atoms with Gasteiger partial charge in [0, 0.05) is 30.4 Å². The van der Waals surface area contributed by atoms with Crippen molar-refractivity contribution in [2.45, 2.75) is 45.1 Å². The van der Waals surface area contributed by atoms with Gasteiger partial charge in [0.25, 0.3) is 5.91 Å².